The summed E-state index contributed by atoms with van der Waals surface area (Å²) in [4.78, 5) is 13.8. The normalized spacial score (nSPS) is 19.1. The predicted molar refractivity (Wildman–Crippen MR) is 63.2 cm³/mol. The van der Waals surface area contributed by atoms with Crippen molar-refractivity contribution < 1.29 is 4.79 Å². The van der Waals surface area contributed by atoms with Gasteiger partial charge < -0.3 is 10.2 Å². The summed E-state index contributed by atoms with van der Waals surface area (Å²) in [5, 5.41) is 3.03. The SMILES string of the molecule is CCCN1CCC(NC(=O)CCCl)CC1. The van der Waals surface area contributed by atoms with Crippen LogP contribution in [0.25, 0.3) is 0 Å². The predicted octanol–water partition coefficient (Wildman–Crippen LogP) is 1.61. The molecule has 1 rings (SSSR count). The lowest BCUT2D eigenvalue weighted by molar-refractivity contribution is -0.121. The van der Waals surface area contributed by atoms with Gasteiger partial charge in [0.15, 0.2) is 0 Å². The van der Waals surface area contributed by atoms with Crippen LogP contribution in [0.5, 0.6) is 0 Å². The fourth-order valence-electron chi connectivity index (χ4n) is 2.00. The zero-order valence-corrected chi connectivity index (χ0v) is 10.2. The van der Waals surface area contributed by atoms with Gasteiger partial charge in [0, 0.05) is 31.4 Å². The van der Waals surface area contributed by atoms with Crippen molar-refractivity contribution >= 4 is 17.5 Å². The summed E-state index contributed by atoms with van der Waals surface area (Å²) in [5.74, 6) is 0.513. The number of nitrogens with zero attached hydrogens (tertiary/aromatic N) is 1. The Kier molecular flexibility index (Phi) is 6.03. The lowest BCUT2D eigenvalue weighted by atomic mass is 10.0. The quantitative estimate of drug-likeness (QED) is 0.731. The summed E-state index contributed by atoms with van der Waals surface area (Å²) in [5.41, 5.74) is 0. The molecular weight excluding hydrogens is 212 g/mol. The number of likely N-dealkylation sites (tertiary alicyclic amines) is 1. The second-order valence-electron chi connectivity index (χ2n) is 4.12. The molecule has 0 unspecified atom stereocenters. The van der Waals surface area contributed by atoms with Gasteiger partial charge in [-0.05, 0) is 25.8 Å². The van der Waals surface area contributed by atoms with Crippen molar-refractivity contribution in [3.05, 3.63) is 0 Å². The van der Waals surface area contributed by atoms with Crippen LogP contribution in [0.2, 0.25) is 0 Å². The van der Waals surface area contributed by atoms with E-state index in [1.165, 1.54) is 13.0 Å². The summed E-state index contributed by atoms with van der Waals surface area (Å²) in [6, 6.07) is 0.369. The molecule has 1 heterocycles. The first kappa shape index (κ1) is 12.8. The topological polar surface area (TPSA) is 32.3 Å². The maximum Gasteiger partial charge on any atom is 0.221 e. The van der Waals surface area contributed by atoms with E-state index >= 15 is 0 Å². The van der Waals surface area contributed by atoms with E-state index in [2.05, 4.69) is 17.1 Å². The third-order valence-electron chi connectivity index (χ3n) is 2.81. The monoisotopic (exact) mass is 232 g/mol. The maximum atomic E-state index is 11.3. The highest BCUT2D eigenvalue weighted by atomic mass is 35.5. The fourth-order valence-corrected chi connectivity index (χ4v) is 2.17. The first-order valence-corrected chi connectivity index (χ1v) is 6.37. The fraction of sp³-hybridized carbons (Fsp3) is 0.909. The van der Waals surface area contributed by atoms with Gasteiger partial charge in [-0.2, -0.15) is 0 Å². The molecule has 0 saturated carbocycles. The van der Waals surface area contributed by atoms with Crippen LogP contribution in [-0.4, -0.2) is 42.4 Å². The van der Waals surface area contributed by atoms with Crippen molar-refractivity contribution in [1.29, 1.82) is 0 Å². The molecule has 0 aliphatic carbocycles. The zero-order valence-electron chi connectivity index (χ0n) is 9.47. The number of nitrogens with one attached hydrogen (secondary N) is 1. The number of carbonyl (C=O) groups excluding carboxylic acids is 1. The third kappa shape index (κ3) is 4.85. The van der Waals surface area contributed by atoms with Crippen molar-refractivity contribution in [2.45, 2.75) is 38.6 Å². The minimum atomic E-state index is 0.0962. The Hall–Kier alpha value is -0.280. The molecule has 0 aromatic heterocycles. The molecule has 0 spiro atoms. The molecule has 4 heteroatoms. The van der Waals surface area contributed by atoms with E-state index in [9.17, 15) is 4.79 Å². The Balaban J connectivity index is 2.16. The van der Waals surface area contributed by atoms with Crippen molar-refractivity contribution in [3.8, 4) is 0 Å². The first-order valence-electron chi connectivity index (χ1n) is 5.84. The highest BCUT2D eigenvalue weighted by Gasteiger charge is 2.19. The van der Waals surface area contributed by atoms with Gasteiger partial charge in [-0.3, -0.25) is 4.79 Å². The minimum Gasteiger partial charge on any atom is -0.353 e. The van der Waals surface area contributed by atoms with Crippen LogP contribution >= 0.6 is 11.6 Å². The Morgan fingerprint density at radius 3 is 2.67 bits per heavy atom. The summed E-state index contributed by atoms with van der Waals surface area (Å²) in [7, 11) is 0. The van der Waals surface area contributed by atoms with Crippen molar-refractivity contribution in [1.82, 2.24) is 10.2 Å². The number of carbonyl (C=O) groups is 1. The molecule has 15 heavy (non-hydrogen) atoms. The Bertz CT molecular complexity index is 191. The number of alkyl halides is 1. The van der Waals surface area contributed by atoms with Gasteiger partial charge in [0.2, 0.25) is 5.91 Å². The van der Waals surface area contributed by atoms with E-state index < -0.39 is 0 Å². The van der Waals surface area contributed by atoms with Crippen molar-refractivity contribution in [3.63, 3.8) is 0 Å². The number of hydrogen-bond donors (Lipinski definition) is 1. The molecule has 0 aromatic rings. The third-order valence-corrected chi connectivity index (χ3v) is 3.00. The van der Waals surface area contributed by atoms with E-state index in [4.69, 9.17) is 11.6 Å². The summed E-state index contributed by atoms with van der Waals surface area (Å²) in [6.45, 7) is 5.61. The molecular formula is C11H21ClN2O. The van der Waals surface area contributed by atoms with Gasteiger partial charge in [-0.15, -0.1) is 11.6 Å². The van der Waals surface area contributed by atoms with E-state index in [1.807, 2.05) is 0 Å². The van der Waals surface area contributed by atoms with Crippen LogP contribution in [0.3, 0.4) is 0 Å². The van der Waals surface area contributed by atoms with E-state index in [0.717, 1.165) is 25.9 Å². The molecule has 0 atom stereocenters. The average Bonchev–Trinajstić information content (AvgIpc) is 2.22. The minimum absolute atomic E-state index is 0.0962. The van der Waals surface area contributed by atoms with Gasteiger partial charge >= 0.3 is 0 Å². The number of amides is 1. The first-order chi connectivity index (χ1) is 7.26. The lowest BCUT2D eigenvalue weighted by Gasteiger charge is -2.32. The van der Waals surface area contributed by atoms with Gasteiger partial charge in [0.1, 0.15) is 0 Å². The summed E-state index contributed by atoms with van der Waals surface area (Å²) < 4.78 is 0. The number of rotatable bonds is 5. The number of halogens is 1. The number of piperidine rings is 1. The van der Waals surface area contributed by atoms with Crippen LogP contribution in [0.4, 0.5) is 0 Å². The smallest absolute Gasteiger partial charge is 0.221 e. The maximum absolute atomic E-state index is 11.3. The Morgan fingerprint density at radius 2 is 2.13 bits per heavy atom. The lowest BCUT2D eigenvalue weighted by Crippen LogP contribution is -2.44. The molecule has 1 saturated heterocycles. The molecule has 0 aromatic carbocycles. The number of hydrogen-bond acceptors (Lipinski definition) is 2. The molecule has 88 valence electrons. The summed E-state index contributed by atoms with van der Waals surface area (Å²) >= 11 is 5.51. The van der Waals surface area contributed by atoms with Crippen LogP contribution in [-0.2, 0) is 4.79 Å². The standard InChI is InChI=1S/C11H21ClN2O/c1-2-7-14-8-4-10(5-9-14)13-11(15)3-6-12/h10H,2-9H2,1H3,(H,13,15). The molecule has 1 aliphatic rings. The van der Waals surface area contributed by atoms with Gasteiger partial charge in [-0.25, -0.2) is 0 Å². The summed E-state index contributed by atoms with van der Waals surface area (Å²) in [6.07, 6.45) is 3.81. The Labute approximate surface area is 97.2 Å². The van der Waals surface area contributed by atoms with E-state index in [-0.39, 0.29) is 5.91 Å². The molecule has 3 nitrogen and oxygen atoms in total. The highest BCUT2D eigenvalue weighted by molar-refractivity contribution is 6.18. The molecule has 0 radical (unpaired) electrons. The van der Waals surface area contributed by atoms with Crippen molar-refractivity contribution in [2.75, 3.05) is 25.5 Å². The van der Waals surface area contributed by atoms with Crippen LogP contribution in [0.1, 0.15) is 32.6 Å². The molecule has 1 N–H and O–H groups in total. The van der Waals surface area contributed by atoms with E-state index in [0.29, 0.717) is 18.3 Å². The van der Waals surface area contributed by atoms with Crippen LogP contribution in [0, 0.1) is 0 Å². The largest absolute Gasteiger partial charge is 0.353 e. The highest BCUT2D eigenvalue weighted by Crippen LogP contribution is 2.10. The molecule has 1 fully saturated rings. The molecule has 1 amide bonds. The van der Waals surface area contributed by atoms with Crippen LogP contribution < -0.4 is 5.32 Å². The van der Waals surface area contributed by atoms with Gasteiger partial charge in [-0.1, -0.05) is 6.92 Å². The zero-order chi connectivity index (χ0) is 11.1. The molecule has 1 aliphatic heterocycles. The Morgan fingerprint density at radius 1 is 1.47 bits per heavy atom. The van der Waals surface area contributed by atoms with Crippen LogP contribution in [0.15, 0.2) is 0 Å². The van der Waals surface area contributed by atoms with Gasteiger partial charge in [0.05, 0.1) is 0 Å². The average molecular weight is 233 g/mol. The molecule has 0 bridgehead atoms. The second-order valence-corrected chi connectivity index (χ2v) is 4.50. The van der Waals surface area contributed by atoms with Crippen molar-refractivity contribution in [2.24, 2.45) is 0 Å². The van der Waals surface area contributed by atoms with E-state index in [1.54, 1.807) is 0 Å². The second kappa shape index (κ2) is 7.07. The van der Waals surface area contributed by atoms with Gasteiger partial charge in [0.25, 0.3) is 0 Å².